The van der Waals surface area contributed by atoms with Gasteiger partial charge in [-0.15, -0.1) is 11.3 Å². The summed E-state index contributed by atoms with van der Waals surface area (Å²) in [5.74, 6) is 0.928. The monoisotopic (exact) mass is 444 g/mol. The van der Waals surface area contributed by atoms with Gasteiger partial charge in [0.1, 0.15) is 5.75 Å². The van der Waals surface area contributed by atoms with Crippen molar-refractivity contribution in [3.63, 3.8) is 0 Å². The first kappa shape index (κ1) is 16.4. The number of fused-ring (bicyclic) bond motifs is 3. The second-order valence-corrected chi connectivity index (χ2v) is 9.21. The molecule has 2 unspecified atom stereocenters. The molecular formula is C20H14BrClN2OS. The van der Waals surface area contributed by atoms with Crippen molar-refractivity contribution in [2.45, 2.75) is 18.7 Å². The van der Waals surface area contributed by atoms with E-state index >= 15 is 0 Å². The average molecular weight is 446 g/mol. The van der Waals surface area contributed by atoms with E-state index < -0.39 is 0 Å². The number of para-hydroxylation sites is 1. The van der Waals surface area contributed by atoms with Gasteiger partial charge in [0.15, 0.2) is 0 Å². The average Bonchev–Trinajstić information content (AvgIpc) is 3.28. The van der Waals surface area contributed by atoms with Gasteiger partial charge in [0.2, 0.25) is 6.23 Å². The number of nitrogens with zero attached hydrogens (tertiary/aromatic N) is 2. The quantitative estimate of drug-likeness (QED) is 0.455. The Hall–Kier alpha value is -1.82. The van der Waals surface area contributed by atoms with Crippen molar-refractivity contribution in [2.75, 3.05) is 0 Å². The Morgan fingerprint density at radius 2 is 1.88 bits per heavy atom. The molecule has 0 N–H and O–H groups in total. The van der Waals surface area contributed by atoms with E-state index in [0.29, 0.717) is 0 Å². The van der Waals surface area contributed by atoms with Gasteiger partial charge in [-0.05, 0) is 46.3 Å². The van der Waals surface area contributed by atoms with E-state index in [2.05, 4.69) is 45.2 Å². The first-order valence-corrected chi connectivity index (χ1v) is 10.3. The minimum atomic E-state index is -0.256. The fraction of sp³-hybridized carbons (Fsp3) is 0.150. The van der Waals surface area contributed by atoms with Crippen LogP contribution in [0, 0.1) is 0 Å². The number of thiophene rings is 1. The summed E-state index contributed by atoms with van der Waals surface area (Å²) < 4.78 is 7.45. The van der Waals surface area contributed by atoms with Gasteiger partial charge in [0.25, 0.3) is 0 Å². The number of hydrazone groups is 1. The Kier molecular flexibility index (Phi) is 4.03. The van der Waals surface area contributed by atoms with E-state index in [4.69, 9.17) is 21.4 Å². The van der Waals surface area contributed by atoms with Crippen LogP contribution in [0.5, 0.6) is 5.75 Å². The molecule has 0 spiro atoms. The summed E-state index contributed by atoms with van der Waals surface area (Å²) in [6.45, 7) is 0. The van der Waals surface area contributed by atoms with Crippen LogP contribution in [0.25, 0.3) is 0 Å². The molecule has 0 amide bonds. The molecule has 0 radical (unpaired) electrons. The summed E-state index contributed by atoms with van der Waals surface area (Å²) in [6.07, 6.45) is 0.616. The number of rotatable bonds is 2. The lowest BCUT2D eigenvalue weighted by Gasteiger charge is -2.38. The van der Waals surface area contributed by atoms with Crippen LogP contribution in [0.3, 0.4) is 0 Å². The Balaban J connectivity index is 1.59. The zero-order valence-corrected chi connectivity index (χ0v) is 16.8. The van der Waals surface area contributed by atoms with Crippen LogP contribution in [0.4, 0.5) is 0 Å². The number of benzene rings is 2. The van der Waals surface area contributed by atoms with Crippen molar-refractivity contribution in [3.05, 3.63) is 85.5 Å². The smallest absolute Gasteiger partial charge is 0.213 e. The van der Waals surface area contributed by atoms with Crippen molar-refractivity contribution < 1.29 is 4.74 Å². The summed E-state index contributed by atoms with van der Waals surface area (Å²) >= 11 is 11.3. The second-order valence-electron chi connectivity index (χ2n) is 6.31. The molecule has 3 heterocycles. The van der Waals surface area contributed by atoms with E-state index in [1.807, 2.05) is 36.4 Å². The van der Waals surface area contributed by atoms with E-state index in [1.165, 1.54) is 10.4 Å². The maximum absolute atomic E-state index is 6.33. The fourth-order valence-electron chi connectivity index (χ4n) is 3.50. The maximum atomic E-state index is 6.33. The molecule has 5 rings (SSSR count). The minimum absolute atomic E-state index is 0.177. The Morgan fingerprint density at radius 1 is 1.08 bits per heavy atom. The summed E-state index contributed by atoms with van der Waals surface area (Å²) in [5.41, 5.74) is 3.34. The fourth-order valence-corrected chi connectivity index (χ4v) is 5.01. The molecule has 2 atom stereocenters. The van der Waals surface area contributed by atoms with E-state index in [-0.39, 0.29) is 12.3 Å². The normalized spacial score (nSPS) is 21.0. The Bertz CT molecular complexity index is 1000. The predicted molar refractivity (Wildman–Crippen MR) is 109 cm³/mol. The van der Waals surface area contributed by atoms with Crippen LogP contribution in [-0.2, 0) is 0 Å². The molecule has 2 aromatic carbocycles. The highest BCUT2D eigenvalue weighted by atomic mass is 79.9. The van der Waals surface area contributed by atoms with Crippen molar-refractivity contribution >= 4 is 44.6 Å². The number of halogens is 2. The molecular weight excluding hydrogens is 432 g/mol. The molecule has 2 aliphatic heterocycles. The van der Waals surface area contributed by atoms with Crippen LogP contribution in [0.1, 0.15) is 34.7 Å². The largest absolute Gasteiger partial charge is 0.464 e. The van der Waals surface area contributed by atoms with Crippen LogP contribution in [-0.4, -0.2) is 10.7 Å². The minimum Gasteiger partial charge on any atom is -0.464 e. The molecule has 0 fully saturated rings. The molecule has 3 nitrogen and oxygen atoms in total. The lowest BCUT2D eigenvalue weighted by atomic mass is 9.98. The number of ether oxygens (including phenoxy) is 1. The van der Waals surface area contributed by atoms with Crippen LogP contribution < -0.4 is 4.74 Å². The van der Waals surface area contributed by atoms with Crippen LogP contribution in [0.2, 0.25) is 5.02 Å². The maximum Gasteiger partial charge on any atom is 0.213 e. The molecule has 0 bridgehead atoms. The molecule has 0 saturated carbocycles. The van der Waals surface area contributed by atoms with E-state index in [9.17, 15) is 0 Å². The second kappa shape index (κ2) is 6.41. The molecule has 0 saturated heterocycles. The van der Waals surface area contributed by atoms with E-state index in [0.717, 1.165) is 32.3 Å². The van der Waals surface area contributed by atoms with Gasteiger partial charge in [-0.25, -0.2) is 5.01 Å². The summed E-state index contributed by atoms with van der Waals surface area (Å²) in [5, 5.41) is 7.76. The third-order valence-corrected chi connectivity index (χ3v) is 6.64. The third kappa shape index (κ3) is 2.75. The summed E-state index contributed by atoms with van der Waals surface area (Å²) in [6, 6.07) is 20.4. The Morgan fingerprint density at radius 3 is 2.65 bits per heavy atom. The lowest BCUT2D eigenvalue weighted by Crippen LogP contribution is -2.33. The Labute approximate surface area is 169 Å². The van der Waals surface area contributed by atoms with Gasteiger partial charge in [0.05, 0.1) is 20.4 Å². The zero-order valence-electron chi connectivity index (χ0n) is 13.6. The molecule has 1 aromatic heterocycles. The topological polar surface area (TPSA) is 24.8 Å². The highest BCUT2D eigenvalue weighted by molar-refractivity contribution is 9.11. The number of hydrogen-bond acceptors (Lipinski definition) is 4. The zero-order chi connectivity index (χ0) is 17.7. The van der Waals surface area contributed by atoms with Gasteiger partial charge >= 0.3 is 0 Å². The van der Waals surface area contributed by atoms with Crippen LogP contribution >= 0.6 is 38.9 Å². The van der Waals surface area contributed by atoms with Crippen molar-refractivity contribution in [1.29, 1.82) is 0 Å². The van der Waals surface area contributed by atoms with Gasteiger partial charge in [-0.1, -0.05) is 41.9 Å². The van der Waals surface area contributed by atoms with Crippen molar-refractivity contribution in [3.8, 4) is 5.75 Å². The van der Waals surface area contributed by atoms with Gasteiger partial charge < -0.3 is 4.74 Å². The molecule has 6 heteroatoms. The molecule has 0 aliphatic carbocycles. The lowest BCUT2D eigenvalue weighted by molar-refractivity contribution is -0.0190. The van der Waals surface area contributed by atoms with E-state index in [1.54, 1.807) is 11.3 Å². The highest BCUT2D eigenvalue weighted by Crippen LogP contribution is 2.47. The highest BCUT2D eigenvalue weighted by Gasteiger charge is 2.41. The van der Waals surface area contributed by atoms with Gasteiger partial charge in [0, 0.05) is 22.6 Å². The van der Waals surface area contributed by atoms with Crippen molar-refractivity contribution in [1.82, 2.24) is 5.01 Å². The standard InChI is InChI=1S/C20H14BrClN2OS/c21-19-10-9-18(26-19)15-11-16-14-3-1-2-4-17(14)25-20(24(16)23-15)12-5-7-13(22)8-6-12/h1-10,16,20H,11H2. The molecule has 3 aromatic rings. The SMILES string of the molecule is Clc1ccc(C2Oc3ccccc3C3CC(c4ccc(Br)s4)=NN32)cc1. The van der Waals surface area contributed by atoms with Crippen molar-refractivity contribution in [2.24, 2.45) is 5.10 Å². The first-order valence-electron chi connectivity index (χ1n) is 8.31. The predicted octanol–water partition coefficient (Wildman–Crippen LogP) is 6.41. The first-order chi connectivity index (χ1) is 12.7. The van der Waals surface area contributed by atoms with Gasteiger partial charge in [-0.3, -0.25) is 0 Å². The van der Waals surface area contributed by atoms with Gasteiger partial charge in [-0.2, -0.15) is 5.10 Å². The van der Waals surface area contributed by atoms with Crippen LogP contribution in [0.15, 0.2) is 69.6 Å². The summed E-state index contributed by atoms with van der Waals surface area (Å²) in [7, 11) is 0. The number of hydrogen-bond donors (Lipinski definition) is 0. The summed E-state index contributed by atoms with van der Waals surface area (Å²) in [4.78, 5) is 1.19. The third-order valence-electron chi connectivity index (χ3n) is 4.71. The molecule has 2 aliphatic rings. The molecule has 26 heavy (non-hydrogen) atoms. The molecule has 130 valence electrons.